The first-order valence-electron chi connectivity index (χ1n) is 5.29. The predicted molar refractivity (Wildman–Crippen MR) is 65.7 cm³/mol. The normalized spacial score (nSPS) is 11.0. The molecule has 0 N–H and O–H groups in total. The van der Waals surface area contributed by atoms with Crippen molar-refractivity contribution in [1.82, 2.24) is 19.6 Å². The first-order valence-corrected chi connectivity index (χ1v) is 5.83. The summed E-state index contributed by atoms with van der Waals surface area (Å²) in [6.45, 7) is 0. The lowest BCUT2D eigenvalue weighted by Crippen LogP contribution is -1.96. The first kappa shape index (κ1) is 11.1. The number of aromatic nitrogens is 4. The summed E-state index contributed by atoms with van der Waals surface area (Å²) in [5.41, 5.74) is 2.17. The molecule has 0 saturated heterocycles. The third kappa shape index (κ3) is 1.93. The highest BCUT2D eigenvalue weighted by molar-refractivity contribution is 6.16. The third-order valence-corrected chi connectivity index (χ3v) is 2.79. The van der Waals surface area contributed by atoms with Crippen molar-refractivity contribution >= 4 is 17.4 Å². The van der Waals surface area contributed by atoms with Gasteiger partial charge in [-0.1, -0.05) is 0 Å². The molecule has 0 unspecified atom stereocenters. The van der Waals surface area contributed by atoms with Crippen LogP contribution in [0.1, 0.15) is 5.69 Å². The molecule has 4 nitrogen and oxygen atoms in total. The average molecular weight is 263 g/mol. The van der Waals surface area contributed by atoms with E-state index in [1.54, 1.807) is 29.0 Å². The maximum absolute atomic E-state index is 12.8. The lowest BCUT2D eigenvalue weighted by Gasteiger charge is -2.00. The summed E-state index contributed by atoms with van der Waals surface area (Å²) in [6.07, 6.45) is 3.33. The maximum atomic E-state index is 12.8. The van der Waals surface area contributed by atoms with Gasteiger partial charge in [0, 0.05) is 5.56 Å². The number of benzene rings is 1. The number of imidazole rings is 1. The second-order valence-corrected chi connectivity index (χ2v) is 4.03. The molecule has 0 radical (unpaired) electrons. The number of hydrogen-bond donors (Lipinski definition) is 0. The van der Waals surface area contributed by atoms with E-state index in [1.165, 1.54) is 12.1 Å². The number of rotatable bonds is 2. The fraction of sp³-hybridized carbons (Fsp3) is 0.0833. The highest BCUT2D eigenvalue weighted by Crippen LogP contribution is 2.16. The summed E-state index contributed by atoms with van der Waals surface area (Å²) in [5, 5.41) is 4.35. The Labute approximate surface area is 107 Å². The van der Waals surface area contributed by atoms with Crippen LogP contribution in [0.4, 0.5) is 4.39 Å². The highest BCUT2D eigenvalue weighted by atomic mass is 35.5. The van der Waals surface area contributed by atoms with Gasteiger partial charge < -0.3 is 0 Å². The molecular weight excluding hydrogens is 255 g/mol. The van der Waals surface area contributed by atoms with Crippen LogP contribution in [-0.2, 0) is 5.88 Å². The Hall–Kier alpha value is -2.01. The van der Waals surface area contributed by atoms with Crippen LogP contribution >= 0.6 is 11.6 Å². The number of fused-ring (bicyclic) bond motifs is 1. The van der Waals surface area contributed by atoms with Gasteiger partial charge in [-0.3, -0.25) is 0 Å². The van der Waals surface area contributed by atoms with Crippen LogP contribution in [0.2, 0.25) is 0 Å². The van der Waals surface area contributed by atoms with Crippen LogP contribution in [0.5, 0.6) is 0 Å². The minimum Gasteiger partial charge on any atom is -0.217 e. The standard InChI is InChI=1S/C12H8ClFN4/c13-5-10-7-18-12(16-10)15-6-11(17-18)8-1-3-9(14)4-2-8/h1-4,6-7H,5H2. The first-order chi connectivity index (χ1) is 8.76. The van der Waals surface area contributed by atoms with Crippen molar-refractivity contribution in [3.8, 4) is 11.3 Å². The van der Waals surface area contributed by atoms with Gasteiger partial charge >= 0.3 is 0 Å². The quantitative estimate of drug-likeness (QED) is 0.667. The Morgan fingerprint density at radius 3 is 2.72 bits per heavy atom. The minimum atomic E-state index is -0.278. The monoisotopic (exact) mass is 262 g/mol. The second-order valence-electron chi connectivity index (χ2n) is 3.76. The van der Waals surface area contributed by atoms with Crippen LogP contribution in [0.25, 0.3) is 17.0 Å². The zero-order chi connectivity index (χ0) is 12.5. The summed E-state index contributed by atoms with van der Waals surface area (Å²) in [7, 11) is 0. The van der Waals surface area contributed by atoms with Gasteiger partial charge in [0.05, 0.1) is 24.0 Å². The Morgan fingerprint density at radius 2 is 2.00 bits per heavy atom. The lowest BCUT2D eigenvalue weighted by atomic mass is 10.2. The van der Waals surface area contributed by atoms with Crippen molar-refractivity contribution in [1.29, 1.82) is 0 Å². The van der Waals surface area contributed by atoms with Crippen LogP contribution in [0, 0.1) is 5.82 Å². The zero-order valence-electron chi connectivity index (χ0n) is 9.22. The van der Waals surface area contributed by atoms with Gasteiger partial charge in [-0.15, -0.1) is 11.6 Å². The molecule has 0 amide bonds. The van der Waals surface area contributed by atoms with Gasteiger partial charge in [-0.25, -0.2) is 18.9 Å². The van der Waals surface area contributed by atoms with Crippen LogP contribution in [0.15, 0.2) is 36.7 Å². The van der Waals surface area contributed by atoms with E-state index in [-0.39, 0.29) is 5.82 Å². The molecule has 90 valence electrons. The van der Waals surface area contributed by atoms with Crippen LogP contribution in [-0.4, -0.2) is 19.6 Å². The van der Waals surface area contributed by atoms with Crippen molar-refractivity contribution in [3.05, 3.63) is 48.2 Å². The molecule has 2 aromatic heterocycles. The smallest absolute Gasteiger partial charge is 0.217 e. The molecular formula is C12H8ClFN4. The van der Waals surface area contributed by atoms with Gasteiger partial charge in [-0.05, 0) is 24.3 Å². The van der Waals surface area contributed by atoms with E-state index < -0.39 is 0 Å². The molecule has 1 aromatic carbocycles. The van der Waals surface area contributed by atoms with E-state index in [1.807, 2.05) is 0 Å². The van der Waals surface area contributed by atoms with Crippen molar-refractivity contribution < 1.29 is 4.39 Å². The predicted octanol–water partition coefficient (Wildman–Crippen LogP) is 2.67. The molecule has 18 heavy (non-hydrogen) atoms. The molecule has 3 aromatic rings. The van der Waals surface area contributed by atoms with Crippen molar-refractivity contribution in [2.24, 2.45) is 0 Å². The fourth-order valence-corrected chi connectivity index (χ4v) is 1.78. The Balaban J connectivity index is 2.09. The fourth-order valence-electron chi connectivity index (χ4n) is 1.65. The molecule has 0 saturated carbocycles. The van der Waals surface area contributed by atoms with Crippen LogP contribution < -0.4 is 0 Å². The largest absolute Gasteiger partial charge is 0.250 e. The molecule has 0 spiro atoms. The zero-order valence-corrected chi connectivity index (χ0v) is 9.97. The topological polar surface area (TPSA) is 43.1 Å². The second kappa shape index (κ2) is 4.34. The van der Waals surface area contributed by atoms with Gasteiger partial charge in [0.15, 0.2) is 0 Å². The van der Waals surface area contributed by atoms with E-state index in [4.69, 9.17) is 11.6 Å². The van der Waals surface area contributed by atoms with Crippen molar-refractivity contribution in [2.45, 2.75) is 5.88 Å². The highest BCUT2D eigenvalue weighted by Gasteiger charge is 2.06. The lowest BCUT2D eigenvalue weighted by molar-refractivity contribution is 0.628. The summed E-state index contributed by atoms with van der Waals surface area (Å²) >= 11 is 5.70. The van der Waals surface area contributed by atoms with Gasteiger partial charge in [0.2, 0.25) is 0 Å². The molecule has 3 rings (SSSR count). The van der Waals surface area contributed by atoms with Crippen LogP contribution in [0.3, 0.4) is 0 Å². The van der Waals surface area contributed by atoms with E-state index in [2.05, 4.69) is 15.1 Å². The average Bonchev–Trinajstić information content (AvgIpc) is 2.81. The molecule has 2 heterocycles. The molecule has 0 atom stereocenters. The number of nitrogens with zero attached hydrogens (tertiary/aromatic N) is 4. The van der Waals surface area contributed by atoms with Crippen molar-refractivity contribution in [3.63, 3.8) is 0 Å². The molecule has 0 fully saturated rings. The Morgan fingerprint density at radius 1 is 1.22 bits per heavy atom. The van der Waals surface area contributed by atoms with Gasteiger partial charge in [0.25, 0.3) is 5.78 Å². The number of hydrogen-bond acceptors (Lipinski definition) is 3. The molecule has 0 bridgehead atoms. The van der Waals surface area contributed by atoms with E-state index in [0.717, 1.165) is 5.56 Å². The molecule has 0 aliphatic heterocycles. The summed E-state index contributed by atoms with van der Waals surface area (Å²) in [6, 6.07) is 6.09. The molecule has 0 aliphatic rings. The van der Waals surface area contributed by atoms with Gasteiger partial charge in [0.1, 0.15) is 11.5 Å². The minimum absolute atomic E-state index is 0.278. The summed E-state index contributed by atoms with van der Waals surface area (Å²) in [5.74, 6) is 0.535. The van der Waals surface area contributed by atoms with E-state index in [0.29, 0.717) is 23.0 Å². The van der Waals surface area contributed by atoms with E-state index in [9.17, 15) is 4.39 Å². The van der Waals surface area contributed by atoms with Crippen molar-refractivity contribution in [2.75, 3.05) is 0 Å². The maximum Gasteiger partial charge on any atom is 0.250 e. The Kier molecular flexibility index (Phi) is 2.68. The van der Waals surface area contributed by atoms with Gasteiger partial charge in [-0.2, -0.15) is 5.10 Å². The van der Waals surface area contributed by atoms with E-state index >= 15 is 0 Å². The molecule has 0 aliphatic carbocycles. The SMILES string of the molecule is Fc1ccc(-c2cnc3nc(CCl)cn3n2)cc1. The number of alkyl halides is 1. The molecule has 6 heteroatoms. The summed E-state index contributed by atoms with van der Waals surface area (Å²) < 4.78 is 14.4. The third-order valence-electron chi connectivity index (χ3n) is 2.51. The number of halogens is 2. The Bertz CT molecular complexity index is 693. The summed E-state index contributed by atoms with van der Waals surface area (Å²) in [4.78, 5) is 8.36.